The monoisotopic (exact) mass is 450 g/mol. The highest BCUT2D eigenvalue weighted by Crippen LogP contribution is 2.28. The second kappa shape index (κ2) is 7.10. The zero-order valence-corrected chi connectivity index (χ0v) is 15.4. The van der Waals surface area contributed by atoms with E-state index >= 15 is 0 Å². The second-order valence-electron chi connectivity index (χ2n) is 4.62. The average Bonchev–Trinajstić information content (AvgIpc) is 2.54. The number of alkyl halides is 1. The van der Waals surface area contributed by atoms with E-state index in [1.165, 1.54) is 24.3 Å². The SMILES string of the molecule is O=S(=O)(c1ccccc1)C(CCI)S(=O)(=O)c1ccccc1. The van der Waals surface area contributed by atoms with Crippen molar-refractivity contribution in [1.82, 2.24) is 0 Å². The Morgan fingerprint density at radius 1 is 0.727 bits per heavy atom. The fourth-order valence-electron chi connectivity index (χ4n) is 2.09. The first-order valence-corrected chi connectivity index (χ1v) is 11.2. The maximum atomic E-state index is 12.8. The molecule has 7 heteroatoms. The molecule has 0 aliphatic heterocycles. The van der Waals surface area contributed by atoms with Crippen molar-refractivity contribution in [2.45, 2.75) is 20.8 Å². The zero-order valence-electron chi connectivity index (χ0n) is 11.6. The van der Waals surface area contributed by atoms with Crippen molar-refractivity contribution >= 4 is 42.3 Å². The summed E-state index contributed by atoms with van der Waals surface area (Å²) in [6.45, 7) is 0. The molecule has 0 amide bonds. The second-order valence-corrected chi connectivity index (χ2v) is 10.3. The molecule has 2 aromatic carbocycles. The van der Waals surface area contributed by atoms with Crippen LogP contribution in [0.15, 0.2) is 70.5 Å². The smallest absolute Gasteiger partial charge is 0.195 e. The highest BCUT2D eigenvalue weighted by molar-refractivity contribution is 14.1. The molecular formula is C15H15IO4S2. The minimum atomic E-state index is -3.96. The predicted molar refractivity (Wildman–Crippen MR) is 94.5 cm³/mol. The Morgan fingerprint density at radius 3 is 1.41 bits per heavy atom. The first kappa shape index (κ1) is 17.4. The summed E-state index contributed by atoms with van der Waals surface area (Å²) in [4.78, 5) is 0.0636. The number of benzene rings is 2. The molecule has 0 heterocycles. The van der Waals surface area contributed by atoms with Crippen LogP contribution >= 0.6 is 22.6 Å². The molecular weight excluding hydrogens is 435 g/mol. The van der Waals surface area contributed by atoms with Crippen molar-refractivity contribution in [3.8, 4) is 0 Å². The lowest BCUT2D eigenvalue weighted by molar-refractivity contribution is 0.572. The van der Waals surface area contributed by atoms with Gasteiger partial charge in [0, 0.05) is 4.43 Å². The summed E-state index contributed by atoms with van der Waals surface area (Å²) in [5, 5.41) is 0. The van der Waals surface area contributed by atoms with Crippen LogP contribution in [0.1, 0.15) is 6.42 Å². The van der Waals surface area contributed by atoms with E-state index in [0.29, 0.717) is 4.43 Å². The van der Waals surface area contributed by atoms with Crippen LogP contribution < -0.4 is 0 Å². The summed E-state index contributed by atoms with van der Waals surface area (Å²) in [7, 11) is -7.92. The summed E-state index contributed by atoms with van der Waals surface area (Å²) in [6.07, 6.45) is 0.0506. The van der Waals surface area contributed by atoms with Gasteiger partial charge in [-0.3, -0.25) is 0 Å². The summed E-state index contributed by atoms with van der Waals surface area (Å²) < 4.78 is 50.0. The largest absolute Gasteiger partial charge is 0.222 e. The van der Waals surface area contributed by atoms with Gasteiger partial charge in [0.05, 0.1) is 9.79 Å². The number of halogens is 1. The Hall–Kier alpha value is -0.930. The molecule has 0 N–H and O–H groups in total. The molecule has 2 rings (SSSR count). The van der Waals surface area contributed by atoms with Gasteiger partial charge in [-0.05, 0) is 30.7 Å². The van der Waals surface area contributed by atoms with E-state index in [9.17, 15) is 16.8 Å². The first-order valence-electron chi connectivity index (χ1n) is 6.54. The molecule has 22 heavy (non-hydrogen) atoms. The van der Waals surface area contributed by atoms with Crippen molar-refractivity contribution in [3.63, 3.8) is 0 Å². The highest BCUT2D eigenvalue weighted by atomic mass is 127. The molecule has 0 aliphatic carbocycles. The van der Waals surface area contributed by atoms with Gasteiger partial charge in [0.2, 0.25) is 0 Å². The molecule has 118 valence electrons. The molecule has 2 aromatic rings. The standard InChI is InChI=1S/C15H15IO4S2/c16-12-11-15(21(17,18)13-7-3-1-4-8-13)22(19,20)14-9-5-2-6-10-14/h1-10,15H,11-12H2. The normalized spacial score (nSPS) is 12.5. The Labute approximate surface area is 144 Å². The highest BCUT2D eigenvalue weighted by Gasteiger charge is 2.39. The lowest BCUT2D eigenvalue weighted by Crippen LogP contribution is -2.31. The lowest BCUT2D eigenvalue weighted by atomic mass is 10.4. The third-order valence-corrected chi connectivity index (χ3v) is 9.04. The predicted octanol–water partition coefficient (Wildman–Crippen LogP) is 3.09. The minimum absolute atomic E-state index is 0.0318. The zero-order chi connectivity index (χ0) is 16.2. The Morgan fingerprint density at radius 2 is 1.09 bits per heavy atom. The molecule has 0 atom stereocenters. The van der Waals surface area contributed by atoms with E-state index in [1.54, 1.807) is 36.4 Å². The molecule has 0 aromatic heterocycles. The maximum Gasteiger partial charge on any atom is 0.195 e. The van der Waals surface area contributed by atoms with Gasteiger partial charge < -0.3 is 0 Å². The van der Waals surface area contributed by atoms with Crippen LogP contribution in [-0.4, -0.2) is 25.8 Å². The van der Waals surface area contributed by atoms with Gasteiger partial charge in [-0.25, -0.2) is 16.8 Å². The van der Waals surface area contributed by atoms with E-state index in [-0.39, 0.29) is 16.2 Å². The van der Waals surface area contributed by atoms with Gasteiger partial charge in [-0.2, -0.15) is 0 Å². The minimum Gasteiger partial charge on any atom is -0.222 e. The lowest BCUT2D eigenvalue weighted by Gasteiger charge is -2.17. The average molecular weight is 450 g/mol. The van der Waals surface area contributed by atoms with Crippen molar-refractivity contribution < 1.29 is 16.8 Å². The number of sulfone groups is 2. The van der Waals surface area contributed by atoms with Crippen LogP contribution in [0, 0.1) is 0 Å². The Bertz CT molecular complexity index is 747. The Kier molecular flexibility index (Phi) is 5.62. The molecule has 0 radical (unpaired) electrons. The molecule has 0 bridgehead atoms. The molecule has 0 unspecified atom stereocenters. The van der Waals surface area contributed by atoms with Crippen molar-refractivity contribution in [3.05, 3.63) is 60.7 Å². The Balaban J connectivity index is 2.56. The third-order valence-electron chi connectivity index (χ3n) is 3.18. The van der Waals surface area contributed by atoms with E-state index in [0.717, 1.165) is 0 Å². The summed E-state index contributed by atoms with van der Waals surface area (Å²) in [5.74, 6) is 0. The number of hydrogen-bond acceptors (Lipinski definition) is 4. The van der Waals surface area contributed by atoms with Gasteiger partial charge >= 0.3 is 0 Å². The number of rotatable bonds is 6. The molecule has 0 aliphatic rings. The van der Waals surface area contributed by atoms with Crippen LogP contribution in [0.5, 0.6) is 0 Å². The third kappa shape index (κ3) is 3.52. The van der Waals surface area contributed by atoms with E-state index < -0.39 is 24.3 Å². The van der Waals surface area contributed by atoms with Crippen LogP contribution in [0.25, 0.3) is 0 Å². The van der Waals surface area contributed by atoms with E-state index in [4.69, 9.17) is 0 Å². The summed E-state index contributed by atoms with van der Waals surface area (Å²) in [6, 6.07) is 15.4. The topological polar surface area (TPSA) is 68.3 Å². The summed E-state index contributed by atoms with van der Waals surface area (Å²) in [5.41, 5.74) is 0. The fourth-order valence-corrected chi connectivity index (χ4v) is 8.10. The van der Waals surface area contributed by atoms with Gasteiger partial charge in [-0.15, -0.1) is 0 Å². The molecule has 0 saturated carbocycles. The van der Waals surface area contributed by atoms with E-state index in [1.807, 2.05) is 22.6 Å². The van der Waals surface area contributed by atoms with Gasteiger partial charge in [0.15, 0.2) is 24.3 Å². The summed E-state index contributed by atoms with van der Waals surface area (Å²) >= 11 is 1.99. The van der Waals surface area contributed by atoms with E-state index in [2.05, 4.69) is 0 Å². The quantitative estimate of drug-likeness (QED) is 0.501. The van der Waals surface area contributed by atoms with Crippen LogP contribution in [-0.2, 0) is 19.7 Å². The maximum absolute atomic E-state index is 12.8. The van der Waals surface area contributed by atoms with Gasteiger partial charge in [-0.1, -0.05) is 59.0 Å². The molecule has 4 nitrogen and oxygen atoms in total. The van der Waals surface area contributed by atoms with Gasteiger partial charge in [0.1, 0.15) is 0 Å². The van der Waals surface area contributed by atoms with Crippen LogP contribution in [0.4, 0.5) is 0 Å². The van der Waals surface area contributed by atoms with Crippen LogP contribution in [0.3, 0.4) is 0 Å². The first-order chi connectivity index (χ1) is 10.4. The van der Waals surface area contributed by atoms with Crippen LogP contribution in [0.2, 0.25) is 0 Å². The van der Waals surface area contributed by atoms with Crippen molar-refractivity contribution in [1.29, 1.82) is 0 Å². The molecule has 0 saturated heterocycles. The van der Waals surface area contributed by atoms with Crippen molar-refractivity contribution in [2.75, 3.05) is 4.43 Å². The fraction of sp³-hybridized carbons (Fsp3) is 0.200. The number of hydrogen-bond donors (Lipinski definition) is 0. The van der Waals surface area contributed by atoms with Crippen molar-refractivity contribution in [2.24, 2.45) is 0 Å². The van der Waals surface area contributed by atoms with Gasteiger partial charge in [0.25, 0.3) is 0 Å². The molecule has 0 spiro atoms. The molecule has 0 fully saturated rings.